The molecule has 0 radical (unpaired) electrons. The zero-order valence-electron chi connectivity index (χ0n) is 11.5. The number of methoxy groups -OCH3 is 2. The van der Waals surface area contributed by atoms with Crippen LogP contribution in [0.2, 0.25) is 0 Å². The van der Waals surface area contributed by atoms with Gasteiger partial charge in [-0.2, -0.15) is 0 Å². The number of hydrogen-bond acceptors (Lipinski definition) is 5. The van der Waals surface area contributed by atoms with Crippen LogP contribution in [0.15, 0.2) is 18.2 Å². The molecule has 6 heteroatoms. The van der Waals surface area contributed by atoms with Gasteiger partial charge >= 0.3 is 5.97 Å². The summed E-state index contributed by atoms with van der Waals surface area (Å²) >= 11 is 0. The normalized spacial score (nSPS) is 16.6. The lowest BCUT2D eigenvalue weighted by Crippen LogP contribution is -2.39. The van der Waals surface area contributed by atoms with Crippen molar-refractivity contribution in [2.75, 3.05) is 27.4 Å². The Balaban J connectivity index is 1.97. The van der Waals surface area contributed by atoms with E-state index in [9.17, 15) is 9.59 Å². The van der Waals surface area contributed by atoms with Gasteiger partial charge in [0.2, 0.25) is 5.91 Å². The van der Waals surface area contributed by atoms with E-state index >= 15 is 0 Å². The van der Waals surface area contributed by atoms with E-state index in [-0.39, 0.29) is 25.0 Å². The van der Waals surface area contributed by atoms with E-state index in [2.05, 4.69) is 10.1 Å². The maximum absolute atomic E-state index is 11.9. The molecule has 1 N–H and O–H groups in total. The second kappa shape index (κ2) is 6.27. The number of carbonyl (C=O) groups excluding carboxylic acids is 2. The van der Waals surface area contributed by atoms with E-state index in [1.165, 1.54) is 7.11 Å². The zero-order chi connectivity index (χ0) is 14.5. The van der Waals surface area contributed by atoms with Gasteiger partial charge in [0, 0.05) is 6.07 Å². The number of carbonyl (C=O) groups is 2. The van der Waals surface area contributed by atoms with E-state index < -0.39 is 5.97 Å². The predicted molar refractivity (Wildman–Crippen MR) is 70.7 cm³/mol. The number of rotatable bonds is 4. The topological polar surface area (TPSA) is 73.9 Å². The van der Waals surface area contributed by atoms with Crippen LogP contribution in [0.3, 0.4) is 0 Å². The summed E-state index contributed by atoms with van der Waals surface area (Å²) in [5.41, 5.74) is 0.954. The maximum Gasteiger partial charge on any atom is 0.325 e. The van der Waals surface area contributed by atoms with Gasteiger partial charge in [0.15, 0.2) is 0 Å². The van der Waals surface area contributed by atoms with Gasteiger partial charge in [-0.3, -0.25) is 9.59 Å². The molecule has 1 aromatic rings. The molecule has 1 amide bonds. The van der Waals surface area contributed by atoms with Crippen LogP contribution < -0.4 is 14.8 Å². The second-order valence-corrected chi connectivity index (χ2v) is 4.48. The number of amides is 1. The van der Waals surface area contributed by atoms with Crippen LogP contribution in [0.5, 0.6) is 11.5 Å². The maximum atomic E-state index is 11.9. The SMILES string of the molecule is COC(=O)CNC(=O)[C@H]1COc2cc(OC)ccc2C1. The molecule has 20 heavy (non-hydrogen) atoms. The minimum Gasteiger partial charge on any atom is -0.497 e. The van der Waals surface area contributed by atoms with Gasteiger partial charge in [0.25, 0.3) is 0 Å². The first-order chi connectivity index (χ1) is 9.63. The smallest absolute Gasteiger partial charge is 0.325 e. The number of nitrogens with one attached hydrogen (secondary N) is 1. The van der Waals surface area contributed by atoms with Crippen LogP contribution in [0.1, 0.15) is 5.56 Å². The van der Waals surface area contributed by atoms with Crippen LogP contribution >= 0.6 is 0 Å². The molecule has 1 atom stereocenters. The van der Waals surface area contributed by atoms with Crippen LogP contribution in [-0.2, 0) is 20.7 Å². The van der Waals surface area contributed by atoms with Crippen molar-refractivity contribution < 1.29 is 23.8 Å². The minimum absolute atomic E-state index is 0.124. The zero-order valence-corrected chi connectivity index (χ0v) is 11.5. The molecule has 0 aromatic heterocycles. The molecule has 1 aromatic carbocycles. The predicted octanol–water partition coefficient (Wildman–Crippen LogP) is 0.535. The second-order valence-electron chi connectivity index (χ2n) is 4.48. The average molecular weight is 279 g/mol. The average Bonchev–Trinajstić information content (AvgIpc) is 2.50. The van der Waals surface area contributed by atoms with Gasteiger partial charge in [-0.15, -0.1) is 0 Å². The first-order valence-corrected chi connectivity index (χ1v) is 6.28. The lowest BCUT2D eigenvalue weighted by molar-refractivity contribution is -0.141. The Morgan fingerprint density at radius 3 is 2.90 bits per heavy atom. The number of hydrogen-bond donors (Lipinski definition) is 1. The monoisotopic (exact) mass is 279 g/mol. The Bertz CT molecular complexity index is 514. The molecule has 0 saturated carbocycles. The van der Waals surface area contributed by atoms with Crippen molar-refractivity contribution in [2.24, 2.45) is 5.92 Å². The van der Waals surface area contributed by atoms with Gasteiger partial charge in [-0.25, -0.2) is 0 Å². The molecule has 0 spiro atoms. The molecular weight excluding hydrogens is 262 g/mol. The van der Waals surface area contributed by atoms with E-state index in [1.807, 2.05) is 12.1 Å². The third-order valence-electron chi connectivity index (χ3n) is 3.19. The third-order valence-corrected chi connectivity index (χ3v) is 3.19. The molecule has 0 aliphatic carbocycles. The first kappa shape index (κ1) is 14.2. The first-order valence-electron chi connectivity index (χ1n) is 6.28. The van der Waals surface area contributed by atoms with Crippen molar-refractivity contribution in [3.63, 3.8) is 0 Å². The quantitative estimate of drug-likeness (QED) is 0.814. The lowest BCUT2D eigenvalue weighted by atomic mass is 9.96. The highest BCUT2D eigenvalue weighted by molar-refractivity contribution is 5.84. The summed E-state index contributed by atoms with van der Waals surface area (Å²) in [6, 6.07) is 5.52. The highest BCUT2D eigenvalue weighted by atomic mass is 16.5. The Kier molecular flexibility index (Phi) is 4.45. The molecule has 1 heterocycles. The molecule has 6 nitrogen and oxygen atoms in total. The standard InChI is InChI=1S/C14H17NO5/c1-18-11-4-3-9-5-10(8-20-12(9)6-11)14(17)15-7-13(16)19-2/h3-4,6,10H,5,7-8H2,1-2H3,(H,15,17)/t10-/m1/s1. The number of ether oxygens (including phenoxy) is 3. The molecule has 0 unspecified atom stereocenters. The molecule has 1 aliphatic rings. The summed E-state index contributed by atoms with van der Waals surface area (Å²) in [5.74, 6) is 0.469. The van der Waals surface area contributed by atoms with Gasteiger partial charge < -0.3 is 19.5 Å². The summed E-state index contributed by atoms with van der Waals surface area (Å²) in [6.07, 6.45) is 0.576. The van der Waals surface area contributed by atoms with E-state index in [0.29, 0.717) is 6.42 Å². The molecule has 0 fully saturated rings. The highest BCUT2D eigenvalue weighted by Crippen LogP contribution is 2.30. The van der Waals surface area contributed by atoms with Gasteiger partial charge in [0.05, 0.1) is 20.1 Å². The van der Waals surface area contributed by atoms with Crippen molar-refractivity contribution in [3.8, 4) is 11.5 Å². The summed E-state index contributed by atoms with van der Waals surface area (Å²) in [4.78, 5) is 22.9. The van der Waals surface area contributed by atoms with Crippen molar-refractivity contribution in [1.82, 2.24) is 5.32 Å². The Morgan fingerprint density at radius 1 is 1.40 bits per heavy atom. The van der Waals surface area contributed by atoms with Crippen molar-refractivity contribution in [1.29, 1.82) is 0 Å². The number of esters is 1. The minimum atomic E-state index is -0.472. The van der Waals surface area contributed by atoms with Gasteiger partial charge in [-0.05, 0) is 18.1 Å². The Labute approximate surface area is 117 Å². The van der Waals surface area contributed by atoms with E-state index in [4.69, 9.17) is 9.47 Å². The Morgan fingerprint density at radius 2 is 2.20 bits per heavy atom. The van der Waals surface area contributed by atoms with Crippen LogP contribution in [0.4, 0.5) is 0 Å². The van der Waals surface area contributed by atoms with E-state index in [1.54, 1.807) is 13.2 Å². The molecule has 2 rings (SSSR count). The molecule has 0 bridgehead atoms. The van der Waals surface area contributed by atoms with E-state index in [0.717, 1.165) is 17.1 Å². The molecule has 108 valence electrons. The largest absolute Gasteiger partial charge is 0.497 e. The summed E-state index contributed by atoms with van der Waals surface area (Å²) in [7, 11) is 2.87. The van der Waals surface area contributed by atoms with Crippen molar-refractivity contribution in [3.05, 3.63) is 23.8 Å². The fourth-order valence-corrected chi connectivity index (χ4v) is 2.02. The van der Waals surface area contributed by atoms with Gasteiger partial charge in [-0.1, -0.05) is 6.07 Å². The fourth-order valence-electron chi connectivity index (χ4n) is 2.02. The lowest BCUT2D eigenvalue weighted by Gasteiger charge is -2.24. The number of fused-ring (bicyclic) bond motifs is 1. The molecular formula is C14H17NO5. The van der Waals surface area contributed by atoms with Gasteiger partial charge in [0.1, 0.15) is 24.7 Å². The summed E-state index contributed by atoms with van der Waals surface area (Å²) < 4.78 is 15.2. The van der Waals surface area contributed by atoms with Crippen LogP contribution in [0, 0.1) is 5.92 Å². The van der Waals surface area contributed by atoms with Crippen LogP contribution in [0.25, 0.3) is 0 Å². The Hall–Kier alpha value is -2.24. The highest BCUT2D eigenvalue weighted by Gasteiger charge is 2.26. The fraction of sp³-hybridized carbons (Fsp3) is 0.429. The summed E-state index contributed by atoms with van der Waals surface area (Å²) in [6.45, 7) is 0.161. The third kappa shape index (κ3) is 3.20. The van der Waals surface area contributed by atoms with Crippen molar-refractivity contribution in [2.45, 2.75) is 6.42 Å². The summed E-state index contributed by atoms with van der Waals surface area (Å²) in [5, 5.41) is 2.54. The number of benzene rings is 1. The van der Waals surface area contributed by atoms with Crippen LogP contribution in [-0.4, -0.2) is 39.2 Å². The molecule has 0 saturated heterocycles. The van der Waals surface area contributed by atoms with Crippen molar-refractivity contribution >= 4 is 11.9 Å². The molecule has 1 aliphatic heterocycles.